The first-order valence-electron chi connectivity index (χ1n) is 6.29. The predicted octanol–water partition coefficient (Wildman–Crippen LogP) is 2.67. The number of aliphatic hydroxyl groups excluding tert-OH is 1. The third-order valence-electron chi connectivity index (χ3n) is 3.11. The maximum atomic E-state index is 9.45. The van der Waals surface area contributed by atoms with Crippen LogP contribution >= 0.6 is 0 Å². The largest absolute Gasteiger partial charge is 0.497 e. The van der Waals surface area contributed by atoms with Crippen LogP contribution in [-0.2, 0) is 0 Å². The second kappa shape index (κ2) is 6.41. The van der Waals surface area contributed by atoms with Gasteiger partial charge in [-0.3, -0.25) is 5.32 Å². The number of furan rings is 1. The van der Waals surface area contributed by atoms with Gasteiger partial charge in [-0.25, -0.2) is 0 Å². The lowest BCUT2D eigenvalue weighted by Crippen LogP contribution is -2.27. The first-order chi connectivity index (χ1) is 9.24. The zero-order valence-corrected chi connectivity index (χ0v) is 11.2. The van der Waals surface area contributed by atoms with E-state index in [-0.39, 0.29) is 18.7 Å². The van der Waals surface area contributed by atoms with Crippen molar-refractivity contribution in [3.05, 3.63) is 54.0 Å². The number of rotatable bonds is 6. The van der Waals surface area contributed by atoms with Crippen LogP contribution < -0.4 is 10.1 Å². The van der Waals surface area contributed by atoms with Crippen molar-refractivity contribution in [2.45, 2.75) is 19.0 Å². The Morgan fingerprint density at radius 2 is 2.16 bits per heavy atom. The van der Waals surface area contributed by atoms with Gasteiger partial charge in [-0.2, -0.15) is 0 Å². The van der Waals surface area contributed by atoms with E-state index in [1.54, 1.807) is 13.4 Å². The van der Waals surface area contributed by atoms with E-state index in [0.29, 0.717) is 0 Å². The number of nitrogens with one attached hydrogen (secondary N) is 1. The van der Waals surface area contributed by atoms with E-state index in [0.717, 1.165) is 17.1 Å². The van der Waals surface area contributed by atoms with Gasteiger partial charge in [-0.1, -0.05) is 12.1 Å². The highest BCUT2D eigenvalue weighted by Gasteiger charge is 2.17. The molecule has 1 aromatic carbocycles. The van der Waals surface area contributed by atoms with Crippen LogP contribution in [0.1, 0.15) is 30.3 Å². The van der Waals surface area contributed by atoms with Gasteiger partial charge in [0.2, 0.25) is 0 Å². The Bertz CT molecular complexity index is 496. The molecule has 0 spiro atoms. The zero-order valence-electron chi connectivity index (χ0n) is 11.2. The van der Waals surface area contributed by atoms with E-state index in [1.165, 1.54) is 0 Å². The Balaban J connectivity index is 2.08. The Hall–Kier alpha value is -1.78. The molecule has 0 aliphatic heterocycles. The van der Waals surface area contributed by atoms with Crippen LogP contribution in [0.15, 0.2) is 47.1 Å². The van der Waals surface area contributed by atoms with Crippen molar-refractivity contribution < 1.29 is 14.3 Å². The van der Waals surface area contributed by atoms with Gasteiger partial charge >= 0.3 is 0 Å². The highest BCUT2D eigenvalue weighted by Crippen LogP contribution is 2.22. The summed E-state index contributed by atoms with van der Waals surface area (Å²) in [6.07, 6.45) is 1.61. The van der Waals surface area contributed by atoms with Crippen LogP contribution in [0.2, 0.25) is 0 Å². The summed E-state index contributed by atoms with van der Waals surface area (Å²) < 4.78 is 10.5. The van der Waals surface area contributed by atoms with Crippen molar-refractivity contribution in [3.63, 3.8) is 0 Å². The molecule has 0 amide bonds. The average Bonchev–Trinajstić information content (AvgIpc) is 2.98. The number of hydrogen-bond acceptors (Lipinski definition) is 4. The highest BCUT2D eigenvalue weighted by molar-refractivity contribution is 5.30. The minimum absolute atomic E-state index is 0.0121. The molecule has 0 aliphatic carbocycles. The summed E-state index contributed by atoms with van der Waals surface area (Å²) in [6, 6.07) is 11.4. The second-order valence-corrected chi connectivity index (χ2v) is 4.42. The second-order valence-electron chi connectivity index (χ2n) is 4.42. The minimum atomic E-state index is -0.212. The van der Waals surface area contributed by atoms with Crippen molar-refractivity contribution in [1.82, 2.24) is 5.32 Å². The van der Waals surface area contributed by atoms with E-state index < -0.39 is 0 Å². The molecule has 2 atom stereocenters. The Morgan fingerprint density at radius 1 is 1.32 bits per heavy atom. The van der Waals surface area contributed by atoms with Crippen molar-refractivity contribution in [2.24, 2.45) is 0 Å². The fourth-order valence-corrected chi connectivity index (χ4v) is 2.02. The molecule has 0 saturated heterocycles. The van der Waals surface area contributed by atoms with Crippen LogP contribution in [0.4, 0.5) is 0 Å². The molecular weight excluding hydrogens is 242 g/mol. The summed E-state index contributed by atoms with van der Waals surface area (Å²) in [4.78, 5) is 0. The first kappa shape index (κ1) is 13.6. The molecule has 2 N–H and O–H groups in total. The molecule has 0 radical (unpaired) electrons. The fraction of sp³-hybridized carbons (Fsp3) is 0.333. The molecule has 2 aromatic rings. The van der Waals surface area contributed by atoms with E-state index >= 15 is 0 Å². The molecule has 4 heteroatoms. The zero-order chi connectivity index (χ0) is 13.7. The number of methoxy groups -OCH3 is 1. The topological polar surface area (TPSA) is 54.6 Å². The summed E-state index contributed by atoms with van der Waals surface area (Å²) in [5.74, 6) is 1.56. The SMILES string of the molecule is COc1cccc(C(C)NC(CO)c2ccco2)c1. The standard InChI is InChI=1S/C15H19NO3/c1-11(12-5-3-6-13(9-12)18-2)16-14(10-17)15-7-4-8-19-15/h3-9,11,14,16-17H,10H2,1-2H3. The summed E-state index contributed by atoms with van der Waals surface area (Å²) in [5.41, 5.74) is 1.10. The Labute approximate surface area is 113 Å². The molecule has 102 valence electrons. The first-order valence-corrected chi connectivity index (χ1v) is 6.29. The molecule has 0 aliphatic rings. The van der Waals surface area contributed by atoms with Crippen LogP contribution in [0, 0.1) is 0 Å². The summed E-state index contributed by atoms with van der Waals surface area (Å²) in [7, 11) is 1.65. The molecule has 4 nitrogen and oxygen atoms in total. The van der Waals surface area contributed by atoms with Crippen LogP contribution in [0.3, 0.4) is 0 Å². The maximum absolute atomic E-state index is 9.45. The molecule has 0 fully saturated rings. The van der Waals surface area contributed by atoms with Crippen molar-refractivity contribution in [2.75, 3.05) is 13.7 Å². The third-order valence-corrected chi connectivity index (χ3v) is 3.11. The lowest BCUT2D eigenvalue weighted by molar-refractivity contribution is 0.217. The van der Waals surface area contributed by atoms with Gasteiger partial charge in [-0.15, -0.1) is 0 Å². The van der Waals surface area contributed by atoms with E-state index in [1.807, 2.05) is 43.3 Å². The smallest absolute Gasteiger partial charge is 0.123 e. The van der Waals surface area contributed by atoms with Gasteiger partial charge in [0.1, 0.15) is 11.5 Å². The molecule has 1 aromatic heterocycles. The van der Waals surface area contributed by atoms with E-state index in [2.05, 4.69) is 5.32 Å². The van der Waals surface area contributed by atoms with Crippen molar-refractivity contribution in [3.8, 4) is 5.75 Å². The van der Waals surface area contributed by atoms with Gasteiger partial charge < -0.3 is 14.3 Å². The highest BCUT2D eigenvalue weighted by atomic mass is 16.5. The predicted molar refractivity (Wildman–Crippen MR) is 73.1 cm³/mol. The molecule has 2 rings (SSSR count). The van der Waals surface area contributed by atoms with Gasteiger partial charge in [0.25, 0.3) is 0 Å². The quantitative estimate of drug-likeness (QED) is 0.839. The monoisotopic (exact) mass is 261 g/mol. The molecule has 0 bridgehead atoms. The van der Waals surface area contributed by atoms with Gasteiger partial charge in [0.15, 0.2) is 0 Å². The van der Waals surface area contributed by atoms with Gasteiger partial charge in [0.05, 0.1) is 26.0 Å². The van der Waals surface area contributed by atoms with Crippen molar-refractivity contribution >= 4 is 0 Å². The number of aliphatic hydroxyl groups is 1. The fourth-order valence-electron chi connectivity index (χ4n) is 2.02. The molecular formula is C15H19NO3. The van der Waals surface area contributed by atoms with Gasteiger partial charge in [0, 0.05) is 6.04 Å². The summed E-state index contributed by atoms with van der Waals surface area (Å²) in [5, 5.41) is 12.8. The average molecular weight is 261 g/mol. The summed E-state index contributed by atoms with van der Waals surface area (Å²) in [6.45, 7) is 2.03. The van der Waals surface area contributed by atoms with E-state index in [4.69, 9.17) is 9.15 Å². The Morgan fingerprint density at radius 3 is 2.79 bits per heavy atom. The maximum Gasteiger partial charge on any atom is 0.123 e. The molecule has 0 saturated carbocycles. The summed E-state index contributed by atoms with van der Waals surface area (Å²) >= 11 is 0. The lowest BCUT2D eigenvalue weighted by Gasteiger charge is -2.20. The van der Waals surface area contributed by atoms with Crippen LogP contribution in [-0.4, -0.2) is 18.8 Å². The molecule has 1 heterocycles. The molecule has 19 heavy (non-hydrogen) atoms. The lowest BCUT2D eigenvalue weighted by atomic mass is 10.1. The minimum Gasteiger partial charge on any atom is -0.497 e. The molecule has 2 unspecified atom stereocenters. The number of hydrogen-bond donors (Lipinski definition) is 2. The Kier molecular flexibility index (Phi) is 4.60. The normalized spacial score (nSPS) is 14.1. The number of benzene rings is 1. The van der Waals surface area contributed by atoms with Crippen LogP contribution in [0.25, 0.3) is 0 Å². The van der Waals surface area contributed by atoms with E-state index in [9.17, 15) is 5.11 Å². The third kappa shape index (κ3) is 3.36. The number of ether oxygens (including phenoxy) is 1. The van der Waals surface area contributed by atoms with Gasteiger partial charge in [-0.05, 0) is 36.8 Å². The van der Waals surface area contributed by atoms with Crippen LogP contribution in [0.5, 0.6) is 5.75 Å². The van der Waals surface area contributed by atoms with Crippen molar-refractivity contribution in [1.29, 1.82) is 0 Å².